The van der Waals surface area contributed by atoms with Gasteiger partial charge in [0.2, 0.25) is 0 Å². The van der Waals surface area contributed by atoms with E-state index in [0.717, 1.165) is 41.9 Å². The Morgan fingerprint density at radius 2 is 1.71 bits per heavy atom. The summed E-state index contributed by atoms with van der Waals surface area (Å²) in [6, 6.07) is 0.535. The minimum absolute atomic E-state index is 0.535. The summed E-state index contributed by atoms with van der Waals surface area (Å²) in [7, 11) is 0. The van der Waals surface area contributed by atoms with E-state index in [0.29, 0.717) is 6.04 Å². The van der Waals surface area contributed by atoms with Crippen molar-refractivity contribution in [2.45, 2.75) is 72.3 Å². The Morgan fingerprint density at radius 1 is 1.05 bits per heavy atom. The fourth-order valence-electron chi connectivity index (χ4n) is 3.37. The van der Waals surface area contributed by atoms with Gasteiger partial charge in [0.1, 0.15) is 17.5 Å². The summed E-state index contributed by atoms with van der Waals surface area (Å²) in [5.41, 5.74) is 1.14. The molecule has 1 aliphatic rings. The molecule has 1 aromatic heterocycles. The minimum Gasteiger partial charge on any atom is -0.370 e. The van der Waals surface area contributed by atoms with Gasteiger partial charge in [0.05, 0.1) is 0 Å². The fourth-order valence-corrected chi connectivity index (χ4v) is 3.37. The van der Waals surface area contributed by atoms with Crippen LogP contribution in [-0.2, 0) is 0 Å². The first kappa shape index (κ1) is 16.1. The maximum atomic E-state index is 4.64. The Morgan fingerprint density at radius 3 is 2.33 bits per heavy atom. The predicted molar refractivity (Wildman–Crippen MR) is 89.9 cm³/mol. The molecule has 0 saturated heterocycles. The Balaban J connectivity index is 2.16. The number of nitrogens with one attached hydrogen (secondary N) is 2. The second kappa shape index (κ2) is 7.62. The Kier molecular flexibility index (Phi) is 5.83. The lowest BCUT2D eigenvalue weighted by atomic mass is 9.83. The van der Waals surface area contributed by atoms with Crippen LogP contribution in [0.1, 0.15) is 63.8 Å². The van der Waals surface area contributed by atoms with Gasteiger partial charge in [-0.05, 0) is 46.0 Å². The summed E-state index contributed by atoms with van der Waals surface area (Å²) in [6.45, 7) is 9.33. The number of aryl methyl sites for hydroxylation is 1. The summed E-state index contributed by atoms with van der Waals surface area (Å²) >= 11 is 0. The van der Waals surface area contributed by atoms with Gasteiger partial charge in [0.15, 0.2) is 0 Å². The van der Waals surface area contributed by atoms with Crippen LogP contribution >= 0.6 is 0 Å². The highest BCUT2D eigenvalue weighted by Crippen LogP contribution is 2.30. The molecule has 1 heterocycles. The Hall–Kier alpha value is -1.32. The molecule has 4 nitrogen and oxygen atoms in total. The van der Waals surface area contributed by atoms with Gasteiger partial charge in [0.25, 0.3) is 0 Å². The molecule has 21 heavy (non-hydrogen) atoms. The molecule has 0 aliphatic heterocycles. The van der Waals surface area contributed by atoms with Gasteiger partial charge in [-0.15, -0.1) is 0 Å². The number of hydrogen-bond donors (Lipinski definition) is 2. The highest BCUT2D eigenvalue weighted by Gasteiger charge is 2.23. The normalized spacial score (nSPS) is 17.5. The van der Waals surface area contributed by atoms with E-state index in [2.05, 4.69) is 41.4 Å². The van der Waals surface area contributed by atoms with Crippen LogP contribution in [0, 0.1) is 19.8 Å². The SMILES string of the molecule is CCNc1nc(C)nc(NC(CC)C2CCCCC2)c1C. The average Bonchev–Trinajstić information content (AvgIpc) is 2.50. The van der Waals surface area contributed by atoms with Crippen molar-refractivity contribution in [3.05, 3.63) is 11.4 Å². The molecule has 1 fully saturated rings. The largest absolute Gasteiger partial charge is 0.370 e. The monoisotopic (exact) mass is 290 g/mol. The van der Waals surface area contributed by atoms with Gasteiger partial charge in [-0.25, -0.2) is 9.97 Å². The van der Waals surface area contributed by atoms with Crippen LogP contribution in [0.3, 0.4) is 0 Å². The zero-order valence-corrected chi connectivity index (χ0v) is 14.0. The van der Waals surface area contributed by atoms with Gasteiger partial charge in [-0.1, -0.05) is 26.2 Å². The standard InChI is InChI=1S/C17H30N4/c1-5-15(14-10-8-7-9-11-14)21-17-12(3)16(18-6-2)19-13(4)20-17/h14-15H,5-11H2,1-4H3,(H2,18,19,20,21). The molecule has 0 amide bonds. The molecule has 2 N–H and O–H groups in total. The number of aromatic nitrogens is 2. The Labute approximate surface area is 129 Å². The quantitative estimate of drug-likeness (QED) is 0.820. The van der Waals surface area contributed by atoms with Crippen molar-refractivity contribution in [2.24, 2.45) is 5.92 Å². The van der Waals surface area contributed by atoms with E-state index >= 15 is 0 Å². The minimum atomic E-state index is 0.535. The van der Waals surface area contributed by atoms with Crippen LogP contribution in [0.2, 0.25) is 0 Å². The van der Waals surface area contributed by atoms with Crippen molar-refractivity contribution in [1.29, 1.82) is 0 Å². The lowest BCUT2D eigenvalue weighted by Crippen LogP contribution is -2.31. The molecule has 1 aliphatic carbocycles. The van der Waals surface area contributed by atoms with Crippen LogP contribution in [0.4, 0.5) is 11.6 Å². The van der Waals surface area contributed by atoms with Gasteiger partial charge >= 0.3 is 0 Å². The predicted octanol–water partition coefficient (Wildman–Crippen LogP) is 4.30. The maximum Gasteiger partial charge on any atom is 0.134 e. The molecule has 2 rings (SSSR count). The molecule has 0 radical (unpaired) electrons. The van der Waals surface area contributed by atoms with Crippen LogP contribution in [0.25, 0.3) is 0 Å². The van der Waals surface area contributed by atoms with E-state index < -0.39 is 0 Å². The molecule has 0 spiro atoms. The molecule has 0 bridgehead atoms. The van der Waals surface area contributed by atoms with E-state index in [4.69, 9.17) is 0 Å². The third-order valence-electron chi connectivity index (χ3n) is 4.58. The first-order valence-electron chi connectivity index (χ1n) is 8.51. The van der Waals surface area contributed by atoms with E-state index in [9.17, 15) is 0 Å². The second-order valence-electron chi connectivity index (χ2n) is 6.18. The summed E-state index contributed by atoms with van der Waals surface area (Å²) in [5, 5.41) is 7.05. The average molecular weight is 290 g/mol. The van der Waals surface area contributed by atoms with Gasteiger partial charge in [0, 0.05) is 18.2 Å². The van der Waals surface area contributed by atoms with Crippen molar-refractivity contribution >= 4 is 11.6 Å². The first-order valence-corrected chi connectivity index (χ1v) is 8.51. The Bertz CT molecular complexity index is 452. The highest BCUT2D eigenvalue weighted by atomic mass is 15.1. The molecule has 4 heteroatoms. The molecule has 0 aromatic carbocycles. The zero-order valence-electron chi connectivity index (χ0n) is 14.0. The molecule has 118 valence electrons. The smallest absolute Gasteiger partial charge is 0.134 e. The van der Waals surface area contributed by atoms with Crippen molar-refractivity contribution in [2.75, 3.05) is 17.2 Å². The maximum absolute atomic E-state index is 4.64. The second-order valence-corrected chi connectivity index (χ2v) is 6.18. The van der Waals surface area contributed by atoms with E-state index in [-0.39, 0.29) is 0 Å². The van der Waals surface area contributed by atoms with Crippen LogP contribution in [0.5, 0.6) is 0 Å². The van der Waals surface area contributed by atoms with Crippen LogP contribution in [-0.4, -0.2) is 22.6 Å². The fraction of sp³-hybridized carbons (Fsp3) is 0.765. The molecule has 1 aromatic rings. The van der Waals surface area contributed by atoms with Gasteiger partial charge in [-0.3, -0.25) is 0 Å². The topological polar surface area (TPSA) is 49.8 Å². The third kappa shape index (κ3) is 4.08. The van der Waals surface area contributed by atoms with Crippen molar-refractivity contribution in [1.82, 2.24) is 9.97 Å². The number of rotatable bonds is 6. The van der Waals surface area contributed by atoms with Crippen molar-refractivity contribution in [3.63, 3.8) is 0 Å². The first-order chi connectivity index (χ1) is 10.2. The molecule has 1 atom stereocenters. The molecule has 1 unspecified atom stereocenters. The van der Waals surface area contributed by atoms with E-state index in [1.807, 2.05) is 6.92 Å². The number of nitrogens with zero attached hydrogens (tertiary/aromatic N) is 2. The summed E-state index contributed by atoms with van der Waals surface area (Å²) in [5.74, 6) is 3.60. The summed E-state index contributed by atoms with van der Waals surface area (Å²) < 4.78 is 0. The lowest BCUT2D eigenvalue weighted by molar-refractivity contribution is 0.312. The van der Waals surface area contributed by atoms with E-state index in [1.54, 1.807) is 0 Å². The molecule has 1 saturated carbocycles. The van der Waals surface area contributed by atoms with Gasteiger partial charge in [-0.2, -0.15) is 0 Å². The van der Waals surface area contributed by atoms with Gasteiger partial charge < -0.3 is 10.6 Å². The lowest BCUT2D eigenvalue weighted by Gasteiger charge is -2.31. The van der Waals surface area contributed by atoms with Crippen LogP contribution in [0.15, 0.2) is 0 Å². The third-order valence-corrected chi connectivity index (χ3v) is 4.58. The van der Waals surface area contributed by atoms with E-state index in [1.165, 1.54) is 32.1 Å². The summed E-state index contributed by atoms with van der Waals surface area (Å²) in [4.78, 5) is 9.14. The molecular weight excluding hydrogens is 260 g/mol. The molecular formula is C17H30N4. The zero-order chi connectivity index (χ0) is 15.2. The number of hydrogen-bond acceptors (Lipinski definition) is 4. The number of anilines is 2. The van der Waals surface area contributed by atoms with Crippen LogP contribution < -0.4 is 10.6 Å². The summed E-state index contributed by atoms with van der Waals surface area (Å²) in [6.07, 6.45) is 8.04. The van der Waals surface area contributed by atoms with Crippen molar-refractivity contribution in [3.8, 4) is 0 Å². The van der Waals surface area contributed by atoms with Crippen molar-refractivity contribution < 1.29 is 0 Å². The highest BCUT2D eigenvalue weighted by molar-refractivity contribution is 5.57.